The molecule has 4 heteroatoms. The molecule has 18 heavy (non-hydrogen) atoms. The van der Waals surface area contributed by atoms with Crippen LogP contribution in [0.1, 0.15) is 30.4 Å². The zero-order valence-electron chi connectivity index (χ0n) is 10.9. The predicted molar refractivity (Wildman–Crippen MR) is 73.3 cm³/mol. The van der Waals surface area contributed by atoms with Crippen molar-refractivity contribution in [1.29, 1.82) is 0 Å². The monoisotopic (exact) mass is 247 g/mol. The fourth-order valence-corrected chi connectivity index (χ4v) is 2.54. The quantitative estimate of drug-likeness (QED) is 0.482. The van der Waals surface area contributed by atoms with Crippen LogP contribution in [0, 0.1) is 6.92 Å². The molecular weight excluding hydrogens is 226 g/mol. The molecule has 4 nitrogen and oxygen atoms in total. The first-order valence-electron chi connectivity index (χ1n) is 6.54. The summed E-state index contributed by atoms with van der Waals surface area (Å²) in [5.74, 6) is 4.98. The van der Waals surface area contributed by atoms with Gasteiger partial charge >= 0.3 is 0 Å². The van der Waals surface area contributed by atoms with E-state index in [1.54, 1.807) is 0 Å². The van der Waals surface area contributed by atoms with Crippen LogP contribution in [0.5, 0.6) is 0 Å². The molecule has 0 bridgehead atoms. The highest BCUT2D eigenvalue weighted by molar-refractivity contribution is 5.75. The van der Waals surface area contributed by atoms with Crippen molar-refractivity contribution in [2.75, 3.05) is 18.0 Å². The van der Waals surface area contributed by atoms with E-state index in [2.05, 4.69) is 35.4 Å². The molecule has 1 aliphatic heterocycles. The van der Waals surface area contributed by atoms with Gasteiger partial charge in [-0.3, -0.25) is 10.2 Å². The first kappa shape index (κ1) is 12.9. The number of hydrogen-bond acceptors (Lipinski definition) is 3. The largest absolute Gasteiger partial charge is 0.371 e. The molecule has 1 heterocycles. The molecule has 0 saturated heterocycles. The Labute approximate surface area is 108 Å². The van der Waals surface area contributed by atoms with Crippen LogP contribution in [0.15, 0.2) is 18.2 Å². The van der Waals surface area contributed by atoms with Crippen LogP contribution in [-0.4, -0.2) is 19.0 Å². The van der Waals surface area contributed by atoms with E-state index in [0.29, 0.717) is 6.42 Å². The molecule has 0 radical (unpaired) electrons. The number of anilines is 1. The molecule has 0 unspecified atom stereocenters. The van der Waals surface area contributed by atoms with Crippen LogP contribution >= 0.6 is 0 Å². The minimum absolute atomic E-state index is 0.0869. The first-order chi connectivity index (χ1) is 8.70. The topological polar surface area (TPSA) is 58.4 Å². The van der Waals surface area contributed by atoms with Crippen molar-refractivity contribution in [2.45, 2.75) is 32.6 Å². The summed E-state index contributed by atoms with van der Waals surface area (Å²) in [7, 11) is 0. The Morgan fingerprint density at radius 2 is 2.33 bits per heavy atom. The number of nitrogens with one attached hydrogen (secondary N) is 1. The number of nitrogens with zero attached hydrogens (tertiary/aromatic N) is 1. The zero-order chi connectivity index (χ0) is 13.0. The maximum absolute atomic E-state index is 11.1. The maximum atomic E-state index is 11.1. The third-order valence-electron chi connectivity index (χ3n) is 3.44. The molecule has 3 N–H and O–H groups in total. The van der Waals surface area contributed by atoms with Crippen LogP contribution in [0.4, 0.5) is 5.69 Å². The summed E-state index contributed by atoms with van der Waals surface area (Å²) in [5, 5.41) is 0. The smallest absolute Gasteiger partial charge is 0.233 e. The number of benzene rings is 1. The van der Waals surface area contributed by atoms with Crippen molar-refractivity contribution < 1.29 is 4.79 Å². The van der Waals surface area contributed by atoms with Gasteiger partial charge in [0.05, 0.1) is 0 Å². The van der Waals surface area contributed by atoms with Crippen molar-refractivity contribution in [3.8, 4) is 0 Å². The molecule has 0 fully saturated rings. The highest BCUT2D eigenvalue weighted by Crippen LogP contribution is 2.28. The fourth-order valence-electron chi connectivity index (χ4n) is 2.54. The average molecular weight is 247 g/mol. The van der Waals surface area contributed by atoms with Gasteiger partial charge < -0.3 is 4.90 Å². The second-order valence-corrected chi connectivity index (χ2v) is 4.89. The van der Waals surface area contributed by atoms with E-state index in [4.69, 9.17) is 5.84 Å². The number of carbonyl (C=O) groups excluding carboxylic acids is 1. The Morgan fingerprint density at radius 1 is 1.50 bits per heavy atom. The summed E-state index contributed by atoms with van der Waals surface area (Å²) in [5.41, 5.74) is 6.26. The van der Waals surface area contributed by atoms with Gasteiger partial charge in [0.1, 0.15) is 0 Å². The van der Waals surface area contributed by atoms with Gasteiger partial charge in [0.2, 0.25) is 5.91 Å². The Balaban J connectivity index is 1.97. The minimum Gasteiger partial charge on any atom is -0.371 e. The van der Waals surface area contributed by atoms with Gasteiger partial charge in [-0.15, -0.1) is 0 Å². The molecular formula is C14H21N3O. The second kappa shape index (κ2) is 5.87. The van der Waals surface area contributed by atoms with Gasteiger partial charge in [-0.2, -0.15) is 0 Å². The highest BCUT2D eigenvalue weighted by atomic mass is 16.2. The van der Waals surface area contributed by atoms with E-state index in [9.17, 15) is 4.79 Å². The summed E-state index contributed by atoms with van der Waals surface area (Å²) in [6.07, 6.45) is 3.70. The summed E-state index contributed by atoms with van der Waals surface area (Å²) in [6, 6.07) is 6.63. The molecule has 0 spiro atoms. The lowest BCUT2D eigenvalue weighted by atomic mass is 9.99. The van der Waals surface area contributed by atoms with Crippen molar-refractivity contribution in [2.24, 2.45) is 5.84 Å². The van der Waals surface area contributed by atoms with E-state index in [0.717, 1.165) is 25.9 Å². The van der Waals surface area contributed by atoms with Crippen molar-refractivity contribution in [3.63, 3.8) is 0 Å². The van der Waals surface area contributed by atoms with Gasteiger partial charge in [-0.05, 0) is 37.8 Å². The Hall–Kier alpha value is -1.55. The Morgan fingerprint density at radius 3 is 3.11 bits per heavy atom. The van der Waals surface area contributed by atoms with E-state index >= 15 is 0 Å². The number of nitrogens with two attached hydrogens (primary N) is 1. The van der Waals surface area contributed by atoms with Crippen molar-refractivity contribution >= 4 is 11.6 Å². The van der Waals surface area contributed by atoms with Gasteiger partial charge in [-0.1, -0.05) is 17.7 Å². The lowest BCUT2D eigenvalue weighted by Gasteiger charge is -2.31. The molecule has 1 aliphatic rings. The van der Waals surface area contributed by atoms with Crippen molar-refractivity contribution in [3.05, 3.63) is 29.3 Å². The van der Waals surface area contributed by atoms with E-state index in [-0.39, 0.29) is 5.91 Å². The molecule has 1 aromatic carbocycles. The number of carbonyl (C=O) groups is 1. The third kappa shape index (κ3) is 3.01. The summed E-state index contributed by atoms with van der Waals surface area (Å²) < 4.78 is 0. The number of hydrazine groups is 1. The molecule has 0 aromatic heterocycles. The lowest BCUT2D eigenvalue weighted by molar-refractivity contribution is -0.121. The van der Waals surface area contributed by atoms with Gasteiger partial charge in [-0.25, -0.2) is 5.84 Å². The number of rotatable bonds is 4. The average Bonchev–Trinajstić information content (AvgIpc) is 2.38. The number of aryl methyl sites for hydroxylation is 2. The molecule has 0 aliphatic carbocycles. The predicted octanol–water partition coefficient (Wildman–Crippen LogP) is 1.52. The second-order valence-electron chi connectivity index (χ2n) is 4.89. The Kier molecular flexibility index (Phi) is 4.20. The van der Waals surface area contributed by atoms with Crippen LogP contribution < -0.4 is 16.2 Å². The molecule has 0 atom stereocenters. The maximum Gasteiger partial charge on any atom is 0.233 e. The summed E-state index contributed by atoms with van der Waals surface area (Å²) >= 11 is 0. The van der Waals surface area contributed by atoms with Gasteiger partial charge in [0.15, 0.2) is 0 Å². The van der Waals surface area contributed by atoms with Crippen molar-refractivity contribution in [1.82, 2.24) is 5.43 Å². The highest BCUT2D eigenvalue weighted by Gasteiger charge is 2.16. The Bertz CT molecular complexity index is 431. The van der Waals surface area contributed by atoms with E-state index < -0.39 is 0 Å². The molecule has 98 valence electrons. The normalized spacial score (nSPS) is 14.2. The van der Waals surface area contributed by atoms with Gasteiger partial charge in [0, 0.05) is 25.2 Å². The van der Waals surface area contributed by atoms with Crippen LogP contribution in [-0.2, 0) is 11.2 Å². The lowest BCUT2D eigenvalue weighted by Crippen LogP contribution is -2.33. The molecule has 0 saturated carbocycles. The number of fused-ring (bicyclic) bond motifs is 1. The fraction of sp³-hybridized carbons (Fsp3) is 0.500. The SMILES string of the molecule is Cc1ccc2c(c1)CCCN2CCCC(=O)NN. The molecule has 2 rings (SSSR count). The number of amides is 1. The van der Waals surface area contributed by atoms with E-state index in [1.165, 1.54) is 23.2 Å². The summed E-state index contributed by atoms with van der Waals surface area (Å²) in [4.78, 5) is 13.5. The number of hydrogen-bond donors (Lipinski definition) is 2. The van der Waals surface area contributed by atoms with Crippen LogP contribution in [0.3, 0.4) is 0 Å². The molecule has 1 amide bonds. The van der Waals surface area contributed by atoms with Crippen LogP contribution in [0.25, 0.3) is 0 Å². The molecule has 1 aromatic rings. The minimum atomic E-state index is -0.0869. The standard InChI is InChI=1S/C14H21N3O/c1-11-6-7-13-12(10-11)4-2-8-17(13)9-3-5-14(18)16-15/h6-7,10H,2-5,8-9,15H2,1H3,(H,16,18). The van der Waals surface area contributed by atoms with E-state index in [1.807, 2.05) is 0 Å². The first-order valence-corrected chi connectivity index (χ1v) is 6.54. The van der Waals surface area contributed by atoms with Crippen LogP contribution in [0.2, 0.25) is 0 Å². The third-order valence-corrected chi connectivity index (χ3v) is 3.44. The van der Waals surface area contributed by atoms with Gasteiger partial charge in [0.25, 0.3) is 0 Å². The summed E-state index contributed by atoms with van der Waals surface area (Å²) in [6.45, 7) is 4.13. The zero-order valence-corrected chi connectivity index (χ0v) is 10.9.